The minimum Gasteiger partial charge on any atom is -0.493 e. The Morgan fingerprint density at radius 1 is 0.755 bits per heavy atom. The second-order valence-electron chi connectivity index (χ2n) is 12.9. The van der Waals surface area contributed by atoms with Crippen LogP contribution in [-0.2, 0) is 19.4 Å². The van der Waals surface area contributed by atoms with E-state index in [1.165, 1.54) is 11.1 Å². The number of benzene rings is 3. The molecular formula is C39H37N5O5. The summed E-state index contributed by atoms with van der Waals surface area (Å²) in [6.45, 7) is 3.54. The number of methoxy groups -OCH3 is 1. The van der Waals surface area contributed by atoms with Crippen molar-refractivity contribution in [2.75, 3.05) is 25.2 Å². The van der Waals surface area contributed by atoms with E-state index in [4.69, 9.17) is 24.2 Å². The number of pyridine rings is 1. The molecule has 4 aliphatic rings. The molecule has 0 saturated heterocycles. The van der Waals surface area contributed by atoms with E-state index in [2.05, 4.69) is 17.1 Å². The lowest BCUT2D eigenvalue weighted by Crippen LogP contribution is -2.44. The fourth-order valence-corrected chi connectivity index (χ4v) is 7.16. The third-order valence-corrected chi connectivity index (χ3v) is 9.78. The molecule has 4 aliphatic heterocycles. The van der Waals surface area contributed by atoms with Gasteiger partial charge >= 0.3 is 0 Å². The Morgan fingerprint density at radius 3 is 2.24 bits per heavy atom. The van der Waals surface area contributed by atoms with Gasteiger partial charge in [-0.05, 0) is 73.1 Å². The van der Waals surface area contributed by atoms with E-state index in [1.54, 1.807) is 19.4 Å². The van der Waals surface area contributed by atoms with Crippen LogP contribution in [0.2, 0.25) is 0 Å². The molecule has 10 heteroatoms. The van der Waals surface area contributed by atoms with Crippen LogP contribution in [0.15, 0.2) is 77.0 Å². The van der Waals surface area contributed by atoms with Crippen molar-refractivity contribution in [3.05, 3.63) is 100 Å². The number of fused-ring (bicyclic) bond motifs is 7. The van der Waals surface area contributed by atoms with E-state index in [9.17, 15) is 9.59 Å². The molecule has 8 rings (SSSR count). The first-order valence-corrected chi connectivity index (χ1v) is 16.8. The van der Waals surface area contributed by atoms with E-state index in [-0.39, 0.29) is 23.9 Å². The van der Waals surface area contributed by atoms with Gasteiger partial charge in [0.25, 0.3) is 11.8 Å². The average Bonchev–Trinajstić information content (AvgIpc) is 3.37. The summed E-state index contributed by atoms with van der Waals surface area (Å²) in [5.74, 6) is 1.72. The summed E-state index contributed by atoms with van der Waals surface area (Å²) >= 11 is 0. The molecule has 248 valence electrons. The summed E-state index contributed by atoms with van der Waals surface area (Å²) in [6, 6.07) is 17.3. The summed E-state index contributed by atoms with van der Waals surface area (Å²) in [6.07, 6.45) is 11.3. The first-order chi connectivity index (χ1) is 24.0. The van der Waals surface area contributed by atoms with Crippen LogP contribution in [-0.4, -0.2) is 66.5 Å². The smallest absolute Gasteiger partial charge is 0.261 e. The molecule has 0 N–H and O–H groups in total. The van der Waals surface area contributed by atoms with Crippen LogP contribution >= 0.6 is 0 Å². The Morgan fingerprint density at radius 2 is 1.45 bits per heavy atom. The summed E-state index contributed by atoms with van der Waals surface area (Å²) < 4.78 is 17.9. The van der Waals surface area contributed by atoms with E-state index < -0.39 is 0 Å². The highest BCUT2D eigenvalue weighted by atomic mass is 16.5. The molecular weight excluding hydrogens is 618 g/mol. The number of anilines is 1. The number of aromatic nitrogens is 1. The van der Waals surface area contributed by atoms with E-state index >= 15 is 0 Å². The Balaban J connectivity index is 0.857. The number of aliphatic imine (C=N–C) groups is 2. The average molecular weight is 656 g/mol. The highest BCUT2D eigenvalue weighted by Gasteiger charge is 2.37. The van der Waals surface area contributed by atoms with Crippen molar-refractivity contribution in [1.82, 2.24) is 9.88 Å². The Hall–Kier alpha value is -5.51. The van der Waals surface area contributed by atoms with Gasteiger partial charge in [0.15, 0.2) is 11.5 Å². The number of rotatable bonds is 9. The zero-order chi connectivity index (χ0) is 33.5. The largest absolute Gasteiger partial charge is 0.493 e. The monoisotopic (exact) mass is 655 g/mol. The van der Waals surface area contributed by atoms with Gasteiger partial charge in [0.1, 0.15) is 5.75 Å². The number of carbonyl (C=O) groups excluding carboxylic acids is 2. The summed E-state index contributed by atoms with van der Waals surface area (Å²) in [4.78, 5) is 44.6. The quantitative estimate of drug-likeness (QED) is 0.188. The minimum atomic E-state index is -0.118. The van der Waals surface area contributed by atoms with Crippen molar-refractivity contribution in [3.8, 4) is 17.2 Å². The molecule has 1 aromatic heterocycles. The Kier molecular flexibility index (Phi) is 8.07. The molecule has 0 aliphatic carbocycles. The number of hydrogen-bond acceptors (Lipinski definition) is 8. The van der Waals surface area contributed by atoms with Gasteiger partial charge in [0, 0.05) is 49.9 Å². The van der Waals surface area contributed by atoms with Gasteiger partial charge in [-0.15, -0.1) is 0 Å². The van der Waals surface area contributed by atoms with Crippen molar-refractivity contribution >= 4 is 41.3 Å². The number of aryl methyl sites for hydroxylation is 1. The molecule has 2 atom stereocenters. The zero-order valence-corrected chi connectivity index (χ0v) is 27.6. The van der Waals surface area contributed by atoms with Crippen molar-refractivity contribution in [1.29, 1.82) is 0 Å². The van der Waals surface area contributed by atoms with Crippen LogP contribution in [0.25, 0.3) is 0 Å². The lowest BCUT2D eigenvalue weighted by atomic mass is 9.94. The number of amides is 2. The molecule has 0 bridgehead atoms. The van der Waals surface area contributed by atoms with Crippen molar-refractivity contribution in [3.63, 3.8) is 0 Å². The lowest BCUT2D eigenvalue weighted by molar-refractivity contribution is 0.0703. The summed E-state index contributed by atoms with van der Waals surface area (Å²) in [5.41, 5.74) is 7.61. The van der Waals surface area contributed by atoms with Crippen LogP contribution in [0, 0.1) is 6.92 Å². The maximum Gasteiger partial charge on any atom is 0.261 e. The number of unbranched alkanes of at least 4 members (excludes halogenated alkanes) is 2. The standard InChI is InChI=1S/C39H37N5O5/c1-24-14-30-32(42-22-29-16-27-20-40-11-10-34(27)44(29)39(30)46)18-35(24)48-12-6-3-7-13-49-37-19-33-31(17-36(37)47-2)38(45)43-23-26-9-5-4-8-25(26)15-28(43)21-41-33/h4-5,8-11,14,17-22,28-29H,3,6-7,12-13,15-16,23H2,1-2H3/t28-,29-/m0/s1. The molecule has 0 spiro atoms. The predicted octanol–water partition coefficient (Wildman–Crippen LogP) is 6.60. The minimum absolute atomic E-state index is 0.0520. The molecule has 3 aromatic carbocycles. The maximum absolute atomic E-state index is 13.6. The van der Waals surface area contributed by atoms with Crippen LogP contribution in [0.1, 0.15) is 62.2 Å². The molecule has 2 amide bonds. The van der Waals surface area contributed by atoms with Gasteiger partial charge in [0.05, 0.1) is 60.6 Å². The highest BCUT2D eigenvalue weighted by Crippen LogP contribution is 2.40. The van der Waals surface area contributed by atoms with E-state index in [0.717, 1.165) is 48.2 Å². The van der Waals surface area contributed by atoms with Crippen molar-refractivity contribution < 1.29 is 23.8 Å². The molecule has 0 saturated carbocycles. The van der Waals surface area contributed by atoms with E-state index in [0.29, 0.717) is 60.2 Å². The fraction of sp³-hybridized carbons (Fsp3) is 0.308. The number of nitrogens with zero attached hydrogens (tertiary/aromatic N) is 5. The third kappa shape index (κ3) is 5.71. The van der Waals surface area contributed by atoms with Gasteiger partial charge in [-0.1, -0.05) is 24.3 Å². The zero-order valence-electron chi connectivity index (χ0n) is 27.6. The van der Waals surface area contributed by atoms with Gasteiger partial charge < -0.3 is 19.1 Å². The number of ether oxygens (including phenoxy) is 3. The molecule has 0 radical (unpaired) electrons. The highest BCUT2D eigenvalue weighted by molar-refractivity contribution is 6.14. The molecule has 4 aromatic rings. The third-order valence-electron chi connectivity index (χ3n) is 9.78. The Labute approximate surface area is 285 Å². The van der Waals surface area contributed by atoms with Gasteiger partial charge in [-0.25, -0.2) is 0 Å². The summed E-state index contributed by atoms with van der Waals surface area (Å²) in [5, 5.41) is 0. The first-order valence-electron chi connectivity index (χ1n) is 16.8. The van der Waals surface area contributed by atoms with Gasteiger partial charge in [-0.2, -0.15) is 0 Å². The second-order valence-corrected chi connectivity index (χ2v) is 12.9. The number of carbonyl (C=O) groups is 2. The fourth-order valence-electron chi connectivity index (χ4n) is 7.16. The summed E-state index contributed by atoms with van der Waals surface area (Å²) in [7, 11) is 1.59. The molecule has 0 unspecified atom stereocenters. The second kappa shape index (κ2) is 12.8. The maximum atomic E-state index is 13.6. The van der Waals surface area contributed by atoms with E-state index in [1.807, 2.05) is 71.7 Å². The van der Waals surface area contributed by atoms with Crippen molar-refractivity contribution in [2.24, 2.45) is 9.98 Å². The Bertz CT molecular complexity index is 2020. The molecule has 49 heavy (non-hydrogen) atoms. The van der Waals surface area contributed by atoms with Crippen molar-refractivity contribution in [2.45, 2.75) is 57.7 Å². The normalized spacial score (nSPS) is 18.4. The van der Waals surface area contributed by atoms with Crippen LogP contribution in [0.5, 0.6) is 17.2 Å². The lowest BCUT2D eigenvalue weighted by Gasteiger charge is -2.34. The molecule has 0 fully saturated rings. The van der Waals surface area contributed by atoms with Gasteiger partial charge in [0.2, 0.25) is 0 Å². The topological polar surface area (TPSA) is 106 Å². The number of hydrogen-bond donors (Lipinski definition) is 0. The first kappa shape index (κ1) is 30.8. The molecule has 5 heterocycles. The SMILES string of the molecule is COc1cc2c(cc1OCCCCCOc1cc3c(cc1C)C(=O)N1c4ccncc4C[C@H]1C=N3)N=C[C@@H]1Cc3ccccc3CN1C2=O. The van der Waals surface area contributed by atoms with Crippen LogP contribution in [0.4, 0.5) is 17.1 Å². The van der Waals surface area contributed by atoms with Gasteiger partial charge in [-0.3, -0.25) is 29.5 Å². The molecule has 10 nitrogen and oxygen atoms in total. The van der Waals surface area contributed by atoms with Crippen LogP contribution < -0.4 is 19.1 Å². The predicted molar refractivity (Wildman–Crippen MR) is 188 cm³/mol. The van der Waals surface area contributed by atoms with Crippen LogP contribution in [0.3, 0.4) is 0 Å².